The smallest absolute Gasteiger partial charge is 0.408 e. The Morgan fingerprint density at radius 3 is 2.31 bits per heavy atom. The fraction of sp³-hybridized carbons (Fsp3) is 0.500. The van der Waals surface area contributed by atoms with Gasteiger partial charge in [-0.1, -0.05) is 26.8 Å². The molecule has 0 saturated carbocycles. The Morgan fingerprint density at radius 2 is 1.71 bits per heavy atom. The van der Waals surface area contributed by atoms with Crippen LogP contribution in [0.3, 0.4) is 0 Å². The molecule has 2 N–H and O–H groups in total. The lowest BCUT2D eigenvalue weighted by molar-refractivity contribution is -0.143. The molecule has 0 aliphatic carbocycles. The van der Waals surface area contributed by atoms with Crippen molar-refractivity contribution >= 4 is 28.9 Å². The second-order valence-electron chi connectivity index (χ2n) is 11.9. The van der Waals surface area contributed by atoms with E-state index in [0.29, 0.717) is 5.56 Å². The molecule has 3 rings (SSSR count). The first-order valence-corrected chi connectivity index (χ1v) is 14.2. The van der Waals surface area contributed by atoms with Gasteiger partial charge < -0.3 is 20.1 Å². The summed E-state index contributed by atoms with van der Waals surface area (Å²) in [5.74, 6) is -0.913. The van der Waals surface area contributed by atoms with Gasteiger partial charge in [0, 0.05) is 24.2 Å². The predicted octanol–water partition coefficient (Wildman–Crippen LogP) is 6.29. The molecule has 10 heteroatoms. The van der Waals surface area contributed by atoms with Crippen LogP contribution in [0, 0.1) is 25.6 Å². The largest absolute Gasteiger partial charge is 0.466 e. The number of nitrogens with one attached hydrogen (secondary N) is 2. The molecule has 0 aliphatic heterocycles. The molecule has 0 bridgehead atoms. The average Bonchev–Trinajstić information content (AvgIpc) is 3.23. The second-order valence-corrected chi connectivity index (χ2v) is 11.9. The minimum absolute atomic E-state index is 0.138. The minimum Gasteiger partial charge on any atom is -0.466 e. The van der Waals surface area contributed by atoms with Gasteiger partial charge in [-0.2, -0.15) is 5.10 Å². The summed E-state index contributed by atoms with van der Waals surface area (Å²) in [6.45, 7) is 16.6. The number of nitrogens with zero attached hydrogens (tertiary/aromatic N) is 2. The lowest BCUT2D eigenvalue weighted by atomic mass is 9.91. The number of rotatable bonds is 8. The van der Waals surface area contributed by atoms with Gasteiger partial charge in [0.1, 0.15) is 18.0 Å². The van der Waals surface area contributed by atoms with Crippen molar-refractivity contribution in [3.8, 4) is 11.1 Å². The number of carbonyl (C=O) groups excluding carboxylic acids is 3. The number of esters is 1. The normalized spacial score (nSPS) is 11.9. The maximum absolute atomic E-state index is 15.5. The molecule has 0 spiro atoms. The maximum Gasteiger partial charge on any atom is 0.408 e. The zero-order valence-corrected chi connectivity index (χ0v) is 26.5. The number of halogens is 1. The van der Waals surface area contributed by atoms with Crippen LogP contribution in [-0.2, 0) is 26.1 Å². The molecule has 1 unspecified atom stereocenters. The van der Waals surface area contributed by atoms with E-state index >= 15 is 4.39 Å². The Labute approximate surface area is 248 Å². The van der Waals surface area contributed by atoms with Crippen LogP contribution >= 0.6 is 0 Å². The molecule has 2 amide bonds. The number of carbonyl (C=O) groups is 3. The lowest BCUT2D eigenvalue weighted by Crippen LogP contribution is -2.41. The molecular weight excluding hydrogens is 539 g/mol. The highest BCUT2D eigenvalue weighted by molar-refractivity contribution is 5.96. The van der Waals surface area contributed by atoms with Gasteiger partial charge >= 0.3 is 12.1 Å². The molecular formula is C32H45FN4O5. The summed E-state index contributed by atoms with van der Waals surface area (Å²) in [7, 11) is 1.83. The standard InChI is InChI=1S/C28H35FN4O5.C4H10/c1-8-37-24(35)13-22(31-23(34)14-30-27(36)38-28(4,5)6)19-12-18(11-17(3)26(19)29)25-16(2)9-10-21-20(25)15-33(7)32-21;1-4(2)3/h9-12,15,22H,8,13-14H2,1-7H3,(H,30,36)(H,31,34);4H,1-3H3. The number of amides is 2. The Morgan fingerprint density at radius 1 is 1.07 bits per heavy atom. The van der Waals surface area contributed by atoms with Crippen molar-refractivity contribution in [2.45, 2.75) is 80.4 Å². The third-order valence-corrected chi connectivity index (χ3v) is 5.76. The van der Waals surface area contributed by atoms with E-state index in [-0.39, 0.29) is 18.6 Å². The molecule has 9 nitrogen and oxygen atoms in total. The number of benzene rings is 2. The summed E-state index contributed by atoms with van der Waals surface area (Å²) in [6, 6.07) is 6.22. The molecule has 2 aromatic carbocycles. The highest BCUT2D eigenvalue weighted by atomic mass is 19.1. The highest BCUT2D eigenvalue weighted by Crippen LogP contribution is 2.35. The van der Waals surface area contributed by atoms with E-state index in [1.54, 1.807) is 51.4 Å². The van der Waals surface area contributed by atoms with Gasteiger partial charge in [-0.25, -0.2) is 9.18 Å². The van der Waals surface area contributed by atoms with Crippen molar-refractivity contribution in [3.05, 3.63) is 53.0 Å². The summed E-state index contributed by atoms with van der Waals surface area (Å²) in [5, 5.41) is 10.4. The van der Waals surface area contributed by atoms with E-state index in [1.165, 1.54) is 0 Å². The Kier molecular flexibility index (Phi) is 12.1. The van der Waals surface area contributed by atoms with Gasteiger partial charge in [-0.3, -0.25) is 14.3 Å². The van der Waals surface area contributed by atoms with Crippen molar-refractivity contribution in [2.75, 3.05) is 13.2 Å². The van der Waals surface area contributed by atoms with Crippen LogP contribution in [0.5, 0.6) is 0 Å². The number of hydrogen-bond acceptors (Lipinski definition) is 6. The van der Waals surface area contributed by atoms with Gasteiger partial charge in [0.05, 0.1) is 24.6 Å². The van der Waals surface area contributed by atoms with Crippen LogP contribution in [0.15, 0.2) is 30.5 Å². The fourth-order valence-corrected chi connectivity index (χ4v) is 4.24. The summed E-state index contributed by atoms with van der Waals surface area (Å²) < 4.78 is 27.5. The molecule has 0 radical (unpaired) electrons. The number of aryl methyl sites for hydroxylation is 3. The summed E-state index contributed by atoms with van der Waals surface area (Å²) >= 11 is 0. The Hall–Kier alpha value is -3.95. The van der Waals surface area contributed by atoms with Crippen LogP contribution in [0.1, 0.15) is 77.6 Å². The number of fused-ring (bicyclic) bond motifs is 1. The van der Waals surface area contributed by atoms with Gasteiger partial charge in [-0.15, -0.1) is 0 Å². The van der Waals surface area contributed by atoms with Crippen LogP contribution in [0.4, 0.5) is 9.18 Å². The summed E-state index contributed by atoms with van der Waals surface area (Å²) in [5.41, 5.74) is 3.13. The summed E-state index contributed by atoms with van der Waals surface area (Å²) in [6.07, 6.45) is 0.844. The maximum atomic E-state index is 15.5. The molecule has 3 aromatic rings. The summed E-state index contributed by atoms with van der Waals surface area (Å²) in [4.78, 5) is 37.1. The monoisotopic (exact) mass is 584 g/mol. The Balaban J connectivity index is 0.00000144. The average molecular weight is 585 g/mol. The van der Waals surface area contributed by atoms with E-state index in [2.05, 4.69) is 36.5 Å². The van der Waals surface area contributed by atoms with Crippen LogP contribution < -0.4 is 10.6 Å². The molecule has 0 aliphatic rings. The van der Waals surface area contributed by atoms with Crippen molar-refractivity contribution in [1.29, 1.82) is 0 Å². The first-order valence-electron chi connectivity index (χ1n) is 14.2. The molecule has 1 heterocycles. The highest BCUT2D eigenvalue weighted by Gasteiger charge is 2.25. The molecule has 0 fully saturated rings. The lowest BCUT2D eigenvalue weighted by Gasteiger charge is -2.22. The van der Waals surface area contributed by atoms with E-state index in [4.69, 9.17) is 9.47 Å². The quantitative estimate of drug-likeness (QED) is 0.301. The molecule has 230 valence electrons. The van der Waals surface area contributed by atoms with E-state index in [1.807, 2.05) is 32.3 Å². The third-order valence-electron chi connectivity index (χ3n) is 5.76. The van der Waals surface area contributed by atoms with Crippen LogP contribution in [0.2, 0.25) is 0 Å². The van der Waals surface area contributed by atoms with E-state index in [0.717, 1.165) is 33.5 Å². The van der Waals surface area contributed by atoms with Crippen molar-refractivity contribution in [1.82, 2.24) is 20.4 Å². The van der Waals surface area contributed by atoms with Crippen molar-refractivity contribution < 1.29 is 28.2 Å². The van der Waals surface area contributed by atoms with Crippen LogP contribution in [0.25, 0.3) is 22.0 Å². The van der Waals surface area contributed by atoms with Gasteiger partial charge in [0.2, 0.25) is 5.91 Å². The SMILES string of the molecule is CC(C)C.CCOC(=O)CC(NC(=O)CNC(=O)OC(C)(C)C)c1cc(-c2c(C)ccc3nn(C)cc23)cc(C)c1F. The van der Waals surface area contributed by atoms with Gasteiger partial charge in [0.15, 0.2) is 0 Å². The minimum atomic E-state index is -1.03. The van der Waals surface area contributed by atoms with E-state index in [9.17, 15) is 14.4 Å². The molecule has 1 aromatic heterocycles. The van der Waals surface area contributed by atoms with Gasteiger partial charge in [0.25, 0.3) is 0 Å². The first-order chi connectivity index (χ1) is 19.5. The molecule has 1 atom stereocenters. The second kappa shape index (κ2) is 14.8. The zero-order valence-electron chi connectivity index (χ0n) is 26.5. The van der Waals surface area contributed by atoms with Crippen LogP contribution in [-0.4, -0.2) is 46.5 Å². The fourth-order valence-electron chi connectivity index (χ4n) is 4.24. The predicted molar refractivity (Wildman–Crippen MR) is 162 cm³/mol. The zero-order chi connectivity index (χ0) is 31.8. The van der Waals surface area contributed by atoms with Gasteiger partial charge in [-0.05, 0) is 87.9 Å². The van der Waals surface area contributed by atoms with Crippen molar-refractivity contribution in [2.24, 2.45) is 13.0 Å². The number of ether oxygens (including phenoxy) is 2. The first kappa shape index (κ1) is 34.3. The molecule has 0 saturated heterocycles. The number of hydrogen-bond donors (Lipinski definition) is 2. The number of alkyl carbamates (subject to hydrolysis) is 1. The Bertz CT molecular complexity index is 1410. The topological polar surface area (TPSA) is 112 Å². The third kappa shape index (κ3) is 10.2. The van der Waals surface area contributed by atoms with Crippen molar-refractivity contribution in [3.63, 3.8) is 0 Å². The molecule has 42 heavy (non-hydrogen) atoms. The number of aromatic nitrogens is 2. The van der Waals surface area contributed by atoms with E-state index < -0.39 is 42.0 Å².